The van der Waals surface area contributed by atoms with Crippen molar-refractivity contribution in [2.24, 2.45) is 0 Å². The zero-order chi connectivity index (χ0) is 11.9. The normalized spacial score (nSPS) is 31.5. The maximum Gasteiger partial charge on any atom is 0.124 e. The summed E-state index contributed by atoms with van der Waals surface area (Å²) in [6.45, 7) is 5.58. The molecule has 1 aromatic rings. The highest BCUT2D eigenvalue weighted by Gasteiger charge is 2.43. The molecule has 2 bridgehead atoms. The zero-order valence-corrected chi connectivity index (χ0v) is 11.0. The summed E-state index contributed by atoms with van der Waals surface area (Å²) in [5, 5.41) is 0.757. The summed E-state index contributed by atoms with van der Waals surface area (Å²) in [6, 6.07) is 5.90. The first-order valence-electron chi connectivity index (χ1n) is 6.34. The fourth-order valence-electron chi connectivity index (χ4n) is 3.00. The van der Waals surface area contributed by atoms with Crippen LogP contribution in [0.3, 0.4) is 0 Å². The molecule has 3 heteroatoms. The molecule has 0 saturated carbocycles. The predicted molar refractivity (Wildman–Crippen MR) is 69.8 cm³/mol. The lowest BCUT2D eigenvalue weighted by Gasteiger charge is -2.35. The molecule has 2 aliphatic rings. The van der Waals surface area contributed by atoms with Crippen LogP contribution in [0.1, 0.15) is 24.8 Å². The van der Waals surface area contributed by atoms with E-state index in [1.165, 1.54) is 31.5 Å². The number of hydrogen-bond acceptors (Lipinski definition) is 2. The van der Waals surface area contributed by atoms with Crippen LogP contribution in [0.5, 0.6) is 5.75 Å². The third-order valence-electron chi connectivity index (χ3n) is 3.98. The van der Waals surface area contributed by atoms with Crippen LogP contribution in [0.25, 0.3) is 0 Å². The van der Waals surface area contributed by atoms with Gasteiger partial charge < -0.3 is 4.74 Å². The smallest absolute Gasteiger partial charge is 0.124 e. The molecule has 2 saturated heterocycles. The molecule has 0 aliphatic carbocycles. The quantitative estimate of drug-likeness (QED) is 0.800. The van der Waals surface area contributed by atoms with E-state index in [0.29, 0.717) is 0 Å². The van der Waals surface area contributed by atoms with Gasteiger partial charge in [0.2, 0.25) is 0 Å². The summed E-state index contributed by atoms with van der Waals surface area (Å²) in [5.41, 5.74) is 1.22. The topological polar surface area (TPSA) is 12.5 Å². The minimum Gasteiger partial charge on any atom is -0.486 e. The highest BCUT2D eigenvalue weighted by molar-refractivity contribution is 6.30. The molecule has 17 heavy (non-hydrogen) atoms. The summed E-state index contributed by atoms with van der Waals surface area (Å²) in [6.07, 6.45) is 3.58. The van der Waals surface area contributed by atoms with Crippen LogP contribution < -0.4 is 4.74 Å². The van der Waals surface area contributed by atoms with Gasteiger partial charge in [-0.05, 0) is 44.0 Å². The Balaban J connectivity index is 1.84. The average Bonchev–Trinajstić information content (AvgIpc) is 2.59. The van der Waals surface area contributed by atoms with Crippen LogP contribution in [0, 0.1) is 6.92 Å². The molecule has 2 aliphatic heterocycles. The van der Waals surface area contributed by atoms with Crippen molar-refractivity contribution in [3.05, 3.63) is 28.8 Å². The van der Waals surface area contributed by atoms with Gasteiger partial charge in [0.25, 0.3) is 0 Å². The highest BCUT2D eigenvalue weighted by atomic mass is 35.5. The van der Waals surface area contributed by atoms with Gasteiger partial charge in [-0.3, -0.25) is 4.90 Å². The second-order valence-electron chi connectivity index (χ2n) is 5.32. The first-order valence-corrected chi connectivity index (χ1v) is 6.72. The van der Waals surface area contributed by atoms with Crippen molar-refractivity contribution in [1.82, 2.24) is 4.90 Å². The second-order valence-corrected chi connectivity index (χ2v) is 5.76. The van der Waals surface area contributed by atoms with Crippen LogP contribution in [0.4, 0.5) is 0 Å². The molecule has 0 spiro atoms. The number of nitrogens with zero attached hydrogens (tertiary/aromatic N) is 1. The van der Waals surface area contributed by atoms with Gasteiger partial charge in [0.1, 0.15) is 11.4 Å². The van der Waals surface area contributed by atoms with E-state index in [9.17, 15) is 0 Å². The summed E-state index contributed by atoms with van der Waals surface area (Å²) in [4.78, 5) is 2.50. The number of hydrogen-bond donors (Lipinski definition) is 0. The molecule has 2 atom stereocenters. The lowest BCUT2D eigenvalue weighted by atomic mass is 9.94. The molecular formula is C14H18ClNO. The Hall–Kier alpha value is -0.730. The SMILES string of the molecule is Cc1ccc(Cl)cc1OC12CCCN(CC1)C2. The van der Waals surface area contributed by atoms with Crippen molar-refractivity contribution in [1.29, 1.82) is 0 Å². The molecule has 1 aromatic carbocycles. The number of halogens is 1. The van der Waals surface area contributed by atoms with Crippen molar-refractivity contribution in [3.8, 4) is 5.75 Å². The van der Waals surface area contributed by atoms with Gasteiger partial charge in [-0.1, -0.05) is 17.7 Å². The van der Waals surface area contributed by atoms with E-state index in [4.69, 9.17) is 16.3 Å². The molecule has 0 N–H and O–H groups in total. The van der Waals surface area contributed by atoms with Crippen LogP contribution >= 0.6 is 11.6 Å². The van der Waals surface area contributed by atoms with Crippen LogP contribution in [-0.4, -0.2) is 30.1 Å². The van der Waals surface area contributed by atoms with E-state index in [0.717, 1.165) is 23.7 Å². The molecule has 2 unspecified atom stereocenters. The number of rotatable bonds is 2. The first-order chi connectivity index (χ1) is 8.17. The lowest BCUT2D eigenvalue weighted by molar-refractivity contribution is 0.0446. The molecule has 3 rings (SSSR count). The third-order valence-corrected chi connectivity index (χ3v) is 4.21. The average molecular weight is 252 g/mol. The Morgan fingerprint density at radius 2 is 2.18 bits per heavy atom. The lowest BCUT2D eigenvalue weighted by Crippen LogP contribution is -2.43. The summed E-state index contributed by atoms with van der Waals surface area (Å²) >= 11 is 6.04. The fourth-order valence-corrected chi connectivity index (χ4v) is 3.16. The number of piperidine rings is 1. The Morgan fingerprint density at radius 3 is 3.06 bits per heavy atom. The number of fused-ring (bicyclic) bond motifs is 2. The Kier molecular flexibility index (Phi) is 2.80. The Bertz CT molecular complexity index is 430. The molecule has 0 radical (unpaired) electrons. The monoisotopic (exact) mass is 251 g/mol. The van der Waals surface area contributed by atoms with Crippen LogP contribution in [-0.2, 0) is 0 Å². The summed E-state index contributed by atoms with van der Waals surface area (Å²) in [5.74, 6) is 0.959. The molecule has 2 heterocycles. The molecule has 92 valence electrons. The first kappa shape index (κ1) is 11.4. The van der Waals surface area contributed by atoms with Crippen LogP contribution in [0.15, 0.2) is 18.2 Å². The van der Waals surface area contributed by atoms with E-state index >= 15 is 0 Å². The Morgan fingerprint density at radius 1 is 1.29 bits per heavy atom. The van der Waals surface area contributed by atoms with Crippen molar-refractivity contribution >= 4 is 11.6 Å². The van der Waals surface area contributed by atoms with Gasteiger partial charge >= 0.3 is 0 Å². The standard InChI is InChI=1S/C14H18ClNO/c1-11-3-4-12(15)9-13(11)17-14-5-2-7-16(10-14)8-6-14/h3-4,9H,2,5-8,10H2,1H3. The number of benzene rings is 1. The summed E-state index contributed by atoms with van der Waals surface area (Å²) in [7, 11) is 0. The zero-order valence-electron chi connectivity index (χ0n) is 10.2. The highest BCUT2D eigenvalue weighted by Crippen LogP contribution is 2.37. The van der Waals surface area contributed by atoms with Crippen molar-refractivity contribution < 1.29 is 4.74 Å². The maximum atomic E-state index is 6.32. The third kappa shape index (κ3) is 2.16. The van der Waals surface area contributed by atoms with Gasteiger partial charge in [0.05, 0.1) is 0 Å². The molecule has 2 nitrogen and oxygen atoms in total. The molecule has 0 amide bonds. The van der Waals surface area contributed by atoms with E-state index in [-0.39, 0.29) is 5.60 Å². The largest absolute Gasteiger partial charge is 0.486 e. The van der Waals surface area contributed by atoms with Crippen molar-refractivity contribution in [2.75, 3.05) is 19.6 Å². The van der Waals surface area contributed by atoms with Crippen molar-refractivity contribution in [3.63, 3.8) is 0 Å². The van der Waals surface area contributed by atoms with E-state index in [2.05, 4.69) is 11.8 Å². The minimum absolute atomic E-state index is 0.0493. The number of aryl methyl sites for hydroxylation is 1. The fraction of sp³-hybridized carbons (Fsp3) is 0.571. The van der Waals surface area contributed by atoms with Crippen molar-refractivity contribution in [2.45, 2.75) is 31.8 Å². The van der Waals surface area contributed by atoms with Gasteiger partial charge in [-0.25, -0.2) is 0 Å². The van der Waals surface area contributed by atoms with E-state index in [1.54, 1.807) is 0 Å². The van der Waals surface area contributed by atoms with Crippen LogP contribution in [0.2, 0.25) is 5.02 Å². The van der Waals surface area contributed by atoms with E-state index < -0.39 is 0 Å². The number of ether oxygens (including phenoxy) is 1. The van der Waals surface area contributed by atoms with Gasteiger partial charge in [0, 0.05) is 24.5 Å². The molecule has 2 fully saturated rings. The minimum atomic E-state index is 0.0493. The Labute approximate surface area is 108 Å². The maximum absolute atomic E-state index is 6.32. The predicted octanol–water partition coefficient (Wildman–Crippen LogP) is 3.27. The molecular weight excluding hydrogens is 234 g/mol. The second kappa shape index (κ2) is 4.18. The molecule has 0 aromatic heterocycles. The van der Waals surface area contributed by atoms with Gasteiger partial charge in [-0.2, -0.15) is 0 Å². The van der Waals surface area contributed by atoms with Gasteiger partial charge in [-0.15, -0.1) is 0 Å². The van der Waals surface area contributed by atoms with Gasteiger partial charge in [0.15, 0.2) is 0 Å². The summed E-state index contributed by atoms with van der Waals surface area (Å²) < 4.78 is 6.32. The van der Waals surface area contributed by atoms with E-state index in [1.807, 2.05) is 18.2 Å².